The van der Waals surface area contributed by atoms with Crippen LogP contribution in [0.3, 0.4) is 0 Å². The maximum atomic E-state index is 6.49. The summed E-state index contributed by atoms with van der Waals surface area (Å²) in [4.78, 5) is 0. The fourth-order valence-corrected chi connectivity index (χ4v) is 5.87. The lowest BCUT2D eigenvalue weighted by atomic mass is 9.97. The summed E-state index contributed by atoms with van der Waals surface area (Å²) in [6.07, 6.45) is 0. The zero-order valence-corrected chi connectivity index (χ0v) is 22.9. The third kappa shape index (κ3) is 4.40. The highest BCUT2D eigenvalue weighted by Gasteiger charge is 2.13. The topological polar surface area (TPSA) is 25.2 Å². The Bertz CT molecular complexity index is 2190. The minimum absolute atomic E-state index is 0.921. The molecule has 1 N–H and O–H groups in total. The van der Waals surface area contributed by atoms with Crippen LogP contribution in [0.4, 0.5) is 11.4 Å². The summed E-state index contributed by atoms with van der Waals surface area (Å²) < 4.78 is 6.49. The lowest BCUT2D eigenvalue weighted by Gasteiger charge is -2.10. The first-order valence-corrected chi connectivity index (χ1v) is 14.3. The van der Waals surface area contributed by atoms with Crippen LogP contribution >= 0.6 is 0 Å². The van der Waals surface area contributed by atoms with Gasteiger partial charge in [-0.25, -0.2) is 0 Å². The summed E-state index contributed by atoms with van der Waals surface area (Å²) in [6, 6.07) is 55.6. The Hall–Kier alpha value is -5.60. The Morgan fingerprint density at radius 2 is 0.952 bits per heavy atom. The van der Waals surface area contributed by atoms with Gasteiger partial charge in [-0.2, -0.15) is 0 Å². The van der Waals surface area contributed by atoms with E-state index in [0.717, 1.165) is 44.4 Å². The zero-order valence-electron chi connectivity index (χ0n) is 22.9. The van der Waals surface area contributed by atoms with E-state index in [0.29, 0.717) is 0 Å². The van der Waals surface area contributed by atoms with E-state index in [4.69, 9.17) is 4.42 Å². The highest BCUT2D eigenvalue weighted by Crippen LogP contribution is 2.38. The number of hydrogen-bond donors (Lipinski definition) is 1. The SMILES string of the molecule is c1ccc(-c2ccc(Nc3ccc(-c4cccc(-c5cccc6c5oc5cc7ccccc7cc56)c4)cc3)cc2)cc1. The Kier molecular flexibility index (Phi) is 5.82. The zero-order chi connectivity index (χ0) is 27.9. The van der Waals surface area contributed by atoms with Gasteiger partial charge in [0.2, 0.25) is 0 Å². The third-order valence-electron chi connectivity index (χ3n) is 8.04. The molecule has 0 radical (unpaired) electrons. The second-order valence-electron chi connectivity index (χ2n) is 10.7. The highest BCUT2D eigenvalue weighted by molar-refractivity contribution is 6.13. The monoisotopic (exact) mass is 537 g/mol. The van der Waals surface area contributed by atoms with Gasteiger partial charge in [0.25, 0.3) is 0 Å². The van der Waals surface area contributed by atoms with E-state index in [-0.39, 0.29) is 0 Å². The molecule has 2 nitrogen and oxygen atoms in total. The summed E-state index contributed by atoms with van der Waals surface area (Å²) in [7, 11) is 0. The molecule has 7 aromatic carbocycles. The van der Waals surface area contributed by atoms with Crippen molar-refractivity contribution in [3.05, 3.63) is 158 Å². The number of nitrogens with one attached hydrogen (secondary N) is 1. The molecule has 0 saturated heterocycles. The molecule has 0 fully saturated rings. The predicted octanol–water partition coefficient (Wildman–Crippen LogP) is 11.5. The Balaban J connectivity index is 1.08. The van der Waals surface area contributed by atoms with Crippen molar-refractivity contribution in [3.63, 3.8) is 0 Å². The molecule has 0 spiro atoms. The molecule has 0 atom stereocenters. The van der Waals surface area contributed by atoms with Gasteiger partial charge in [-0.15, -0.1) is 0 Å². The van der Waals surface area contributed by atoms with Crippen molar-refractivity contribution in [2.45, 2.75) is 0 Å². The van der Waals surface area contributed by atoms with Gasteiger partial charge in [0, 0.05) is 27.7 Å². The van der Waals surface area contributed by atoms with E-state index in [2.05, 4.69) is 157 Å². The fraction of sp³-hybridized carbons (Fsp3) is 0. The third-order valence-corrected chi connectivity index (χ3v) is 8.04. The van der Waals surface area contributed by atoms with Crippen molar-refractivity contribution >= 4 is 44.1 Å². The molecular weight excluding hydrogens is 510 g/mol. The summed E-state index contributed by atoms with van der Waals surface area (Å²) in [5.41, 5.74) is 11.0. The average Bonchev–Trinajstić information content (AvgIpc) is 3.42. The molecule has 42 heavy (non-hydrogen) atoms. The summed E-state index contributed by atoms with van der Waals surface area (Å²) in [5.74, 6) is 0. The number of anilines is 2. The van der Waals surface area contributed by atoms with Crippen LogP contribution in [-0.4, -0.2) is 0 Å². The quantitative estimate of drug-likeness (QED) is 0.236. The molecule has 0 aliphatic heterocycles. The summed E-state index contributed by atoms with van der Waals surface area (Å²) >= 11 is 0. The standard InChI is InChI=1S/C40H27NO/c1-2-8-27(9-3-1)28-16-20-34(21-17-28)41-35-22-18-29(19-23-35)30-12-6-13-33(24-30)36-14-7-15-37-38-25-31-10-4-5-11-32(31)26-39(38)42-40(36)37/h1-26,41H. The van der Waals surface area contributed by atoms with Gasteiger partial charge in [-0.1, -0.05) is 115 Å². The van der Waals surface area contributed by atoms with Crippen molar-refractivity contribution in [1.82, 2.24) is 0 Å². The van der Waals surface area contributed by atoms with E-state index in [9.17, 15) is 0 Å². The van der Waals surface area contributed by atoms with Gasteiger partial charge in [0.05, 0.1) is 0 Å². The van der Waals surface area contributed by atoms with Gasteiger partial charge in [-0.05, 0) is 81.1 Å². The van der Waals surface area contributed by atoms with Crippen LogP contribution in [0, 0.1) is 0 Å². The molecule has 198 valence electrons. The van der Waals surface area contributed by atoms with Crippen LogP contribution in [0.2, 0.25) is 0 Å². The minimum atomic E-state index is 0.921. The first-order chi connectivity index (χ1) is 20.8. The second kappa shape index (κ2) is 10.1. The van der Waals surface area contributed by atoms with Crippen molar-refractivity contribution < 1.29 is 4.42 Å². The lowest BCUT2D eigenvalue weighted by molar-refractivity contribution is 0.670. The molecule has 8 aromatic rings. The number of rotatable bonds is 5. The van der Waals surface area contributed by atoms with Crippen LogP contribution < -0.4 is 5.32 Å². The number of para-hydroxylation sites is 1. The molecule has 2 heteroatoms. The smallest absolute Gasteiger partial charge is 0.143 e. The lowest BCUT2D eigenvalue weighted by Crippen LogP contribution is -1.90. The average molecular weight is 538 g/mol. The maximum Gasteiger partial charge on any atom is 0.143 e. The van der Waals surface area contributed by atoms with Gasteiger partial charge in [-0.3, -0.25) is 0 Å². The summed E-state index contributed by atoms with van der Waals surface area (Å²) in [5, 5.41) is 8.24. The fourth-order valence-electron chi connectivity index (χ4n) is 5.87. The normalized spacial score (nSPS) is 11.3. The molecular formula is C40H27NO. The van der Waals surface area contributed by atoms with Crippen LogP contribution in [0.25, 0.3) is 66.1 Å². The molecule has 1 aromatic heterocycles. The van der Waals surface area contributed by atoms with Crippen LogP contribution in [0.15, 0.2) is 162 Å². The predicted molar refractivity (Wildman–Crippen MR) is 177 cm³/mol. The molecule has 0 aliphatic carbocycles. The van der Waals surface area contributed by atoms with Crippen molar-refractivity contribution in [1.29, 1.82) is 0 Å². The van der Waals surface area contributed by atoms with Gasteiger partial charge in [0.1, 0.15) is 11.2 Å². The van der Waals surface area contributed by atoms with Gasteiger partial charge in [0.15, 0.2) is 0 Å². The van der Waals surface area contributed by atoms with Gasteiger partial charge >= 0.3 is 0 Å². The van der Waals surface area contributed by atoms with E-state index >= 15 is 0 Å². The molecule has 0 saturated carbocycles. The van der Waals surface area contributed by atoms with E-state index in [1.54, 1.807) is 0 Å². The van der Waals surface area contributed by atoms with Gasteiger partial charge < -0.3 is 9.73 Å². The van der Waals surface area contributed by atoms with Crippen molar-refractivity contribution in [2.24, 2.45) is 0 Å². The minimum Gasteiger partial charge on any atom is -0.455 e. The number of hydrogen-bond acceptors (Lipinski definition) is 2. The number of benzene rings is 7. The molecule has 0 bridgehead atoms. The van der Waals surface area contributed by atoms with E-state index in [1.807, 2.05) is 6.07 Å². The largest absolute Gasteiger partial charge is 0.455 e. The van der Waals surface area contributed by atoms with E-state index in [1.165, 1.54) is 33.0 Å². The van der Waals surface area contributed by atoms with E-state index < -0.39 is 0 Å². The van der Waals surface area contributed by atoms with Crippen LogP contribution in [0.5, 0.6) is 0 Å². The molecule has 1 heterocycles. The molecule has 8 rings (SSSR count). The number of furan rings is 1. The van der Waals surface area contributed by atoms with Crippen molar-refractivity contribution in [2.75, 3.05) is 5.32 Å². The molecule has 0 aliphatic rings. The first-order valence-electron chi connectivity index (χ1n) is 14.3. The number of fused-ring (bicyclic) bond motifs is 4. The first kappa shape index (κ1) is 24.2. The maximum absolute atomic E-state index is 6.49. The highest BCUT2D eigenvalue weighted by atomic mass is 16.3. The Morgan fingerprint density at radius 3 is 1.69 bits per heavy atom. The Labute approximate surface area is 244 Å². The second-order valence-corrected chi connectivity index (χ2v) is 10.7. The van der Waals surface area contributed by atoms with Crippen molar-refractivity contribution in [3.8, 4) is 33.4 Å². The summed E-state index contributed by atoms with van der Waals surface area (Å²) in [6.45, 7) is 0. The molecule has 0 unspecified atom stereocenters. The Morgan fingerprint density at radius 1 is 0.381 bits per heavy atom. The van der Waals surface area contributed by atoms with Crippen LogP contribution in [-0.2, 0) is 0 Å². The molecule has 0 amide bonds. The van der Waals surface area contributed by atoms with Crippen LogP contribution in [0.1, 0.15) is 0 Å².